The van der Waals surface area contributed by atoms with Crippen molar-refractivity contribution in [3.05, 3.63) is 188 Å². The van der Waals surface area contributed by atoms with Crippen molar-refractivity contribution in [3.8, 4) is 44.0 Å². The van der Waals surface area contributed by atoms with Crippen LogP contribution in [0, 0.1) is 6.92 Å². The second kappa shape index (κ2) is 12.9. The number of furan rings is 1. The predicted octanol–water partition coefficient (Wildman–Crippen LogP) is 17.0. The van der Waals surface area contributed by atoms with Gasteiger partial charge in [-0.1, -0.05) is 127 Å². The molecule has 0 radical (unpaired) electrons. The molecule has 60 heavy (non-hydrogen) atoms. The molecule has 13 rings (SSSR count). The van der Waals surface area contributed by atoms with Crippen LogP contribution < -0.4 is 0 Å². The summed E-state index contributed by atoms with van der Waals surface area (Å²) < 4.78 is 10.00. The summed E-state index contributed by atoms with van der Waals surface area (Å²) in [5.41, 5.74) is 12.4. The second-order valence-electron chi connectivity index (χ2n) is 15.8. The molecule has 13 aromatic rings. The summed E-state index contributed by atoms with van der Waals surface area (Å²) in [7, 11) is 0. The fraction of sp³-hybridized carbons (Fsp3) is 0.0179. The zero-order valence-corrected chi connectivity index (χ0v) is 34.1. The van der Waals surface area contributed by atoms with E-state index in [-0.39, 0.29) is 0 Å². The Balaban J connectivity index is 0.976. The standard InChI is InChI=1S/C56H33NOS2/c1-32-44-27-35(24-26-53(44)59-55(32)42-18-10-12-33-11-2-3-13-38(33)42)34-21-22-36-29-47(40-15-5-4-14-39(40)45(36)28-34)49-31-46(56-54(57-49)43-17-7-9-20-52(43)60-56)37-23-25-51-48(30-37)41-16-6-8-19-50(41)58-51/h2-31H,1H3. The van der Waals surface area contributed by atoms with E-state index in [0.29, 0.717) is 0 Å². The first-order valence-electron chi connectivity index (χ1n) is 20.3. The van der Waals surface area contributed by atoms with Gasteiger partial charge in [0.05, 0.1) is 15.9 Å². The third kappa shape index (κ3) is 5.08. The Kier molecular flexibility index (Phi) is 7.30. The van der Waals surface area contributed by atoms with Gasteiger partial charge < -0.3 is 4.42 Å². The first-order valence-corrected chi connectivity index (χ1v) is 22.0. The van der Waals surface area contributed by atoms with Crippen LogP contribution in [0.3, 0.4) is 0 Å². The van der Waals surface area contributed by atoms with Crippen LogP contribution in [0.15, 0.2) is 186 Å². The lowest BCUT2D eigenvalue weighted by molar-refractivity contribution is 0.669. The summed E-state index contributed by atoms with van der Waals surface area (Å²) in [4.78, 5) is 6.86. The smallest absolute Gasteiger partial charge is 0.135 e. The van der Waals surface area contributed by atoms with Crippen molar-refractivity contribution in [1.29, 1.82) is 0 Å². The Morgan fingerprint density at radius 1 is 0.400 bits per heavy atom. The van der Waals surface area contributed by atoms with Crippen molar-refractivity contribution in [2.75, 3.05) is 0 Å². The fourth-order valence-electron chi connectivity index (χ4n) is 9.50. The normalized spacial score (nSPS) is 12.1. The maximum Gasteiger partial charge on any atom is 0.135 e. The van der Waals surface area contributed by atoms with Crippen LogP contribution in [0.25, 0.3) is 129 Å². The zero-order valence-electron chi connectivity index (χ0n) is 32.5. The molecule has 0 unspecified atom stereocenters. The number of thiophene rings is 2. The lowest BCUT2D eigenvalue weighted by Gasteiger charge is -2.14. The molecule has 9 aromatic carbocycles. The molecule has 0 aliphatic carbocycles. The second-order valence-corrected chi connectivity index (χ2v) is 17.9. The van der Waals surface area contributed by atoms with Gasteiger partial charge in [-0.25, -0.2) is 4.98 Å². The van der Waals surface area contributed by atoms with Crippen LogP contribution in [0.2, 0.25) is 0 Å². The lowest BCUT2D eigenvalue weighted by Crippen LogP contribution is -1.91. The summed E-state index contributed by atoms with van der Waals surface area (Å²) in [5, 5.41) is 12.2. The molecule has 0 saturated heterocycles. The average Bonchev–Trinajstić information content (AvgIpc) is 3.98. The van der Waals surface area contributed by atoms with Crippen LogP contribution >= 0.6 is 22.7 Å². The van der Waals surface area contributed by atoms with E-state index in [2.05, 4.69) is 177 Å². The molecule has 0 fully saturated rings. The highest BCUT2D eigenvalue weighted by Gasteiger charge is 2.19. The van der Waals surface area contributed by atoms with Crippen LogP contribution in [0.1, 0.15) is 5.56 Å². The van der Waals surface area contributed by atoms with Gasteiger partial charge in [-0.3, -0.25) is 0 Å². The molecule has 0 atom stereocenters. The Labute approximate surface area is 353 Å². The lowest BCUT2D eigenvalue weighted by atomic mass is 9.92. The zero-order chi connectivity index (χ0) is 39.5. The number of hydrogen-bond donors (Lipinski definition) is 0. The van der Waals surface area contributed by atoms with E-state index < -0.39 is 0 Å². The van der Waals surface area contributed by atoms with Gasteiger partial charge in [0.25, 0.3) is 0 Å². The Morgan fingerprint density at radius 3 is 1.97 bits per heavy atom. The third-order valence-electron chi connectivity index (χ3n) is 12.5. The molecule has 4 heteroatoms. The van der Waals surface area contributed by atoms with Crippen molar-refractivity contribution in [1.82, 2.24) is 4.98 Å². The molecule has 2 nitrogen and oxygen atoms in total. The van der Waals surface area contributed by atoms with Crippen LogP contribution in [-0.4, -0.2) is 4.98 Å². The number of para-hydroxylation sites is 1. The number of nitrogens with zero attached hydrogens (tertiary/aromatic N) is 1. The summed E-state index contributed by atoms with van der Waals surface area (Å²) in [5.74, 6) is 0. The molecule has 0 spiro atoms. The monoisotopic (exact) mass is 799 g/mol. The molecule has 4 heterocycles. The number of hydrogen-bond acceptors (Lipinski definition) is 4. The van der Waals surface area contributed by atoms with E-state index in [9.17, 15) is 0 Å². The molecule has 280 valence electrons. The highest BCUT2D eigenvalue weighted by atomic mass is 32.1. The van der Waals surface area contributed by atoms with Crippen molar-refractivity contribution >= 4 is 107 Å². The highest BCUT2D eigenvalue weighted by molar-refractivity contribution is 7.26. The minimum absolute atomic E-state index is 0.901. The van der Waals surface area contributed by atoms with E-state index in [1.165, 1.54) is 89.9 Å². The molecule has 0 amide bonds. The molecular formula is C56H33NOS2. The van der Waals surface area contributed by atoms with E-state index in [1.807, 2.05) is 34.8 Å². The minimum Gasteiger partial charge on any atom is -0.456 e. The number of aryl methyl sites for hydroxylation is 1. The summed E-state index contributed by atoms with van der Waals surface area (Å²) in [6, 6.07) is 66.4. The Morgan fingerprint density at radius 2 is 1.07 bits per heavy atom. The van der Waals surface area contributed by atoms with E-state index in [0.717, 1.165) is 44.3 Å². The molecule has 4 aromatic heterocycles. The van der Waals surface area contributed by atoms with Crippen molar-refractivity contribution in [3.63, 3.8) is 0 Å². The van der Waals surface area contributed by atoms with Crippen molar-refractivity contribution in [2.24, 2.45) is 0 Å². The third-order valence-corrected chi connectivity index (χ3v) is 15.0. The number of aromatic nitrogens is 1. The van der Waals surface area contributed by atoms with Crippen molar-refractivity contribution in [2.45, 2.75) is 6.92 Å². The van der Waals surface area contributed by atoms with E-state index in [1.54, 1.807) is 0 Å². The van der Waals surface area contributed by atoms with Crippen molar-refractivity contribution < 1.29 is 4.42 Å². The van der Waals surface area contributed by atoms with Gasteiger partial charge in [0.2, 0.25) is 0 Å². The topological polar surface area (TPSA) is 26.0 Å². The van der Waals surface area contributed by atoms with Gasteiger partial charge in [0, 0.05) is 41.6 Å². The molecular weight excluding hydrogens is 767 g/mol. The largest absolute Gasteiger partial charge is 0.456 e. The van der Waals surface area contributed by atoms with Gasteiger partial charge >= 0.3 is 0 Å². The SMILES string of the molecule is Cc1c(-c2cccc3ccccc23)sc2ccc(-c3ccc4cc(-c5cc(-c6ccc7oc8ccccc8c7c6)c6sc7ccccc7c6n5)c5ccccc5c4c3)cc12. The molecule has 0 N–H and O–H groups in total. The maximum atomic E-state index is 6.24. The summed E-state index contributed by atoms with van der Waals surface area (Å²) in [6.07, 6.45) is 0. The van der Waals surface area contributed by atoms with Gasteiger partial charge in [0.15, 0.2) is 0 Å². The predicted molar refractivity (Wildman–Crippen MR) is 259 cm³/mol. The van der Waals surface area contributed by atoms with Gasteiger partial charge in [-0.2, -0.15) is 0 Å². The number of benzene rings is 9. The first-order chi connectivity index (χ1) is 29.6. The van der Waals surface area contributed by atoms with Gasteiger partial charge in [-0.15, -0.1) is 22.7 Å². The van der Waals surface area contributed by atoms with Gasteiger partial charge in [0.1, 0.15) is 11.2 Å². The van der Waals surface area contributed by atoms with Crippen LogP contribution in [0.5, 0.6) is 0 Å². The molecule has 0 saturated carbocycles. The quantitative estimate of drug-likeness (QED) is 0.166. The van der Waals surface area contributed by atoms with Gasteiger partial charge in [-0.05, 0) is 127 Å². The summed E-state index contributed by atoms with van der Waals surface area (Å²) >= 11 is 3.71. The van der Waals surface area contributed by atoms with Crippen LogP contribution in [-0.2, 0) is 0 Å². The summed E-state index contributed by atoms with van der Waals surface area (Å²) in [6.45, 7) is 2.28. The molecule has 0 bridgehead atoms. The Hall–Kier alpha value is -7.11. The van der Waals surface area contributed by atoms with E-state index in [4.69, 9.17) is 9.40 Å². The van der Waals surface area contributed by atoms with Crippen LogP contribution in [0.4, 0.5) is 0 Å². The number of rotatable bonds is 4. The number of pyridine rings is 1. The highest BCUT2D eigenvalue weighted by Crippen LogP contribution is 2.46. The van der Waals surface area contributed by atoms with E-state index >= 15 is 0 Å². The minimum atomic E-state index is 0.901. The fourth-order valence-corrected chi connectivity index (χ4v) is 11.9. The molecule has 0 aliphatic heterocycles. The Bertz CT molecular complexity index is 3910. The maximum absolute atomic E-state index is 6.24. The number of fused-ring (bicyclic) bond motifs is 11. The molecule has 0 aliphatic rings. The first kappa shape index (κ1) is 33.8. The average molecular weight is 800 g/mol.